The summed E-state index contributed by atoms with van der Waals surface area (Å²) < 4.78 is 5.18. The van der Waals surface area contributed by atoms with Crippen molar-refractivity contribution in [3.63, 3.8) is 0 Å². The van der Waals surface area contributed by atoms with E-state index in [1.54, 1.807) is 0 Å². The number of rotatable bonds is 3. The number of H-pyrrole nitrogens is 1. The van der Waals surface area contributed by atoms with Gasteiger partial charge in [0, 0.05) is 64.9 Å². The molecule has 2 saturated heterocycles. The smallest absolute Gasteiger partial charge is 0.410 e. The molecule has 1 unspecified atom stereocenters. The molecule has 2 aliphatic heterocycles. The highest BCUT2D eigenvalue weighted by Crippen LogP contribution is 2.33. The highest BCUT2D eigenvalue weighted by atomic mass is 16.6. The van der Waals surface area contributed by atoms with Crippen LogP contribution in [-0.4, -0.2) is 58.2 Å². The first-order valence-corrected chi connectivity index (χ1v) is 11.7. The topological polar surface area (TPSA) is 74.4 Å². The number of ether oxygens (including phenoxy) is 1. The van der Waals surface area contributed by atoms with Gasteiger partial charge in [0.1, 0.15) is 12.4 Å². The molecular weight excluding hydrogens is 426 g/mol. The Morgan fingerprint density at radius 2 is 1.76 bits per heavy atom. The van der Waals surface area contributed by atoms with Crippen LogP contribution in [0.5, 0.6) is 0 Å². The molecule has 6 rings (SSSR count). The van der Waals surface area contributed by atoms with Crippen LogP contribution >= 0.6 is 0 Å². The van der Waals surface area contributed by atoms with Crippen LogP contribution in [0.15, 0.2) is 48.7 Å². The van der Waals surface area contributed by atoms with Crippen LogP contribution in [0.4, 0.5) is 10.6 Å². The maximum absolute atomic E-state index is 11.7. The number of cyclic esters (lactones) is 1. The molecule has 1 amide bonds. The molecule has 7 heteroatoms. The van der Waals surface area contributed by atoms with Gasteiger partial charge in [-0.1, -0.05) is 12.1 Å². The van der Waals surface area contributed by atoms with Crippen molar-refractivity contribution < 1.29 is 9.53 Å². The van der Waals surface area contributed by atoms with Gasteiger partial charge in [-0.25, -0.2) is 9.78 Å². The van der Waals surface area contributed by atoms with Crippen LogP contribution in [0.1, 0.15) is 17.0 Å². The van der Waals surface area contributed by atoms with Crippen molar-refractivity contribution in [1.29, 1.82) is 0 Å². The molecule has 172 valence electrons. The number of benzene rings is 1. The third-order valence-corrected chi connectivity index (χ3v) is 6.95. The van der Waals surface area contributed by atoms with Gasteiger partial charge >= 0.3 is 6.09 Å². The number of hydrogen-bond acceptors (Lipinski definition) is 5. The fourth-order valence-electron chi connectivity index (χ4n) is 5.23. The molecule has 0 bridgehead atoms. The number of anilines is 1. The minimum absolute atomic E-state index is 0.114. The fourth-order valence-corrected chi connectivity index (χ4v) is 5.23. The first kappa shape index (κ1) is 20.7. The van der Waals surface area contributed by atoms with E-state index < -0.39 is 0 Å². The summed E-state index contributed by atoms with van der Waals surface area (Å²) >= 11 is 0. The maximum atomic E-state index is 11.7. The number of pyridine rings is 2. The van der Waals surface area contributed by atoms with Gasteiger partial charge in [-0.2, -0.15) is 0 Å². The Hall–Kier alpha value is -3.87. The molecular formula is C27H27N5O2. The molecule has 7 nitrogen and oxygen atoms in total. The van der Waals surface area contributed by atoms with Gasteiger partial charge < -0.3 is 14.6 Å². The first-order chi connectivity index (χ1) is 16.5. The van der Waals surface area contributed by atoms with E-state index in [0.29, 0.717) is 13.2 Å². The van der Waals surface area contributed by atoms with Crippen LogP contribution < -0.4 is 4.90 Å². The van der Waals surface area contributed by atoms with E-state index in [0.717, 1.165) is 52.6 Å². The molecule has 0 spiro atoms. The van der Waals surface area contributed by atoms with E-state index in [1.807, 2.05) is 24.9 Å². The van der Waals surface area contributed by atoms with E-state index in [2.05, 4.69) is 64.3 Å². The highest BCUT2D eigenvalue weighted by Gasteiger charge is 2.37. The summed E-state index contributed by atoms with van der Waals surface area (Å²) in [6, 6.07) is 15.1. The summed E-state index contributed by atoms with van der Waals surface area (Å²) in [5.41, 5.74) is 8.91. The van der Waals surface area contributed by atoms with Crippen molar-refractivity contribution >= 4 is 22.8 Å². The SMILES string of the molecule is Cc1cc(-c2[nH]c3cc(-c4ccc(N5CCN6C(=O)OCC6C5)nc4)ccc3c2C)cc(C)n1. The van der Waals surface area contributed by atoms with Crippen molar-refractivity contribution in [3.05, 3.63) is 65.6 Å². The average Bonchev–Trinajstić information content (AvgIpc) is 3.37. The standard InChI is InChI=1S/C27H27N5O2/c1-16-10-21(11-17(2)29-16)26-18(3)23-6-4-19(12-24(23)30-26)20-5-7-25(28-13-20)31-8-9-32-22(14-31)15-34-27(32)33/h4-7,10-13,22,30H,8-9,14-15H2,1-3H3. The van der Waals surface area contributed by atoms with Gasteiger partial charge in [0.2, 0.25) is 0 Å². The molecule has 3 aromatic heterocycles. The summed E-state index contributed by atoms with van der Waals surface area (Å²) in [7, 11) is 0. The largest absolute Gasteiger partial charge is 0.447 e. The second-order valence-electron chi connectivity index (χ2n) is 9.30. The lowest BCUT2D eigenvalue weighted by Gasteiger charge is -2.36. The van der Waals surface area contributed by atoms with E-state index in [-0.39, 0.29) is 12.1 Å². The van der Waals surface area contributed by atoms with Gasteiger partial charge in [0.05, 0.1) is 6.04 Å². The number of carbonyl (C=O) groups is 1. The van der Waals surface area contributed by atoms with Gasteiger partial charge in [0.15, 0.2) is 0 Å². The quantitative estimate of drug-likeness (QED) is 0.480. The number of hydrogen-bond donors (Lipinski definition) is 1. The van der Waals surface area contributed by atoms with E-state index in [1.165, 1.54) is 16.5 Å². The minimum Gasteiger partial charge on any atom is -0.447 e. The molecule has 1 atom stereocenters. The zero-order chi connectivity index (χ0) is 23.4. The van der Waals surface area contributed by atoms with Crippen LogP contribution in [0.25, 0.3) is 33.3 Å². The number of amides is 1. The van der Waals surface area contributed by atoms with E-state index in [9.17, 15) is 4.79 Å². The first-order valence-electron chi connectivity index (χ1n) is 11.7. The number of carbonyl (C=O) groups excluding carboxylic acids is 1. The van der Waals surface area contributed by atoms with Crippen molar-refractivity contribution in [2.75, 3.05) is 31.1 Å². The van der Waals surface area contributed by atoms with Crippen LogP contribution in [0.3, 0.4) is 0 Å². The summed E-state index contributed by atoms with van der Waals surface area (Å²) in [6.07, 6.45) is 1.74. The summed E-state index contributed by atoms with van der Waals surface area (Å²) in [4.78, 5) is 28.7. The van der Waals surface area contributed by atoms with Crippen LogP contribution in [-0.2, 0) is 4.74 Å². The number of piperazine rings is 1. The molecule has 1 N–H and O–H groups in total. The molecule has 0 radical (unpaired) electrons. The van der Waals surface area contributed by atoms with Gasteiger partial charge in [-0.05, 0) is 62.2 Å². The summed E-state index contributed by atoms with van der Waals surface area (Å²) in [5, 5.41) is 1.22. The second-order valence-corrected chi connectivity index (χ2v) is 9.30. The van der Waals surface area contributed by atoms with Gasteiger partial charge in [-0.3, -0.25) is 9.88 Å². The van der Waals surface area contributed by atoms with E-state index in [4.69, 9.17) is 9.72 Å². The molecule has 2 aliphatic rings. The number of aryl methyl sites for hydroxylation is 3. The molecule has 2 fully saturated rings. The fraction of sp³-hybridized carbons (Fsp3) is 0.296. The number of aromatic nitrogens is 3. The van der Waals surface area contributed by atoms with Crippen molar-refractivity contribution in [2.24, 2.45) is 0 Å². The average molecular weight is 454 g/mol. The van der Waals surface area contributed by atoms with Crippen LogP contribution in [0, 0.1) is 20.8 Å². The van der Waals surface area contributed by atoms with Gasteiger partial charge in [-0.15, -0.1) is 0 Å². The zero-order valence-electron chi connectivity index (χ0n) is 19.6. The lowest BCUT2D eigenvalue weighted by molar-refractivity contribution is 0.157. The predicted octanol–water partition coefficient (Wildman–Crippen LogP) is 4.86. The van der Waals surface area contributed by atoms with Gasteiger partial charge in [0.25, 0.3) is 0 Å². The normalized spacial score (nSPS) is 17.9. The Morgan fingerprint density at radius 1 is 0.971 bits per heavy atom. The molecule has 0 aliphatic carbocycles. The lowest BCUT2D eigenvalue weighted by Crippen LogP contribution is -2.52. The van der Waals surface area contributed by atoms with Crippen LogP contribution in [0.2, 0.25) is 0 Å². The summed E-state index contributed by atoms with van der Waals surface area (Å²) in [6.45, 7) is 8.88. The molecule has 4 aromatic rings. The molecule has 34 heavy (non-hydrogen) atoms. The second kappa shape index (κ2) is 7.87. The zero-order valence-corrected chi connectivity index (χ0v) is 19.6. The third kappa shape index (κ3) is 3.48. The Balaban J connectivity index is 1.27. The Labute approximate surface area is 198 Å². The highest BCUT2D eigenvalue weighted by molar-refractivity contribution is 5.93. The molecule has 1 aromatic carbocycles. The predicted molar refractivity (Wildman–Crippen MR) is 133 cm³/mol. The van der Waals surface area contributed by atoms with E-state index >= 15 is 0 Å². The van der Waals surface area contributed by atoms with Crippen molar-refractivity contribution in [1.82, 2.24) is 19.9 Å². The number of nitrogens with one attached hydrogen (secondary N) is 1. The maximum Gasteiger partial charge on any atom is 0.410 e. The Kier molecular flexibility index (Phi) is 4.79. The molecule has 0 saturated carbocycles. The third-order valence-electron chi connectivity index (χ3n) is 6.95. The van der Waals surface area contributed by atoms with Crippen molar-refractivity contribution in [2.45, 2.75) is 26.8 Å². The monoisotopic (exact) mass is 453 g/mol. The number of aromatic amines is 1. The molecule has 5 heterocycles. The minimum atomic E-state index is -0.194. The lowest BCUT2D eigenvalue weighted by atomic mass is 10.0. The Bertz CT molecular complexity index is 1390. The Morgan fingerprint density at radius 3 is 2.53 bits per heavy atom. The van der Waals surface area contributed by atoms with Crippen molar-refractivity contribution in [3.8, 4) is 22.4 Å². The summed E-state index contributed by atoms with van der Waals surface area (Å²) in [5.74, 6) is 0.935. The number of nitrogens with zero attached hydrogens (tertiary/aromatic N) is 4. The number of fused-ring (bicyclic) bond motifs is 2.